The van der Waals surface area contributed by atoms with E-state index < -0.39 is 6.10 Å². The molecule has 1 aromatic rings. The van der Waals surface area contributed by atoms with E-state index in [2.05, 4.69) is 42.7 Å². The van der Waals surface area contributed by atoms with E-state index in [1.807, 2.05) is 17.9 Å². The van der Waals surface area contributed by atoms with Gasteiger partial charge >= 0.3 is 0 Å². The largest absolute Gasteiger partial charge is 0.365 e. The average molecular weight is 302 g/mol. The summed E-state index contributed by atoms with van der Waals surface area (Å²) in [5.74, 6) is 0.0775. The minimum absolute atomic E-state index is 0.0775. The predicted octanol–water partition coefficient (Wildman–Crippen LogP) is 2.31. The maximum atomic E-state index is 12.4. The summed E-state index contributed by atoms with van der Waals surface area (Å²) in [6, 6.07) is 10.7. The van der Waals surface area contributed by atoms with Gasteiger partial charge in [-0.15, -0.1) is 6.58 Å². The maximum Gasteiger partial charge on any atom is 0.251 e. The molecular weight excluding hydrogens is 276 g/mol. The smallest absolute Gasteiger partial charge is 0.251 e. The van der Waals surface area contributed by atoms with Crippen molar-refractivity contribution in [2.24, 2.45) is 0 Å². The Balaban J connectivity index is 1.87. The highest BCUT2D eigenvalue weighted by Gasteiger charge is 2.30. The Bertz CT molecular complexity index is 489. The highest BCUT2D eigenvalue weighted by Crippen LogP contribution is 2.15. The molecule has 2 rings (SSSR count). The Morgan fingerprint density at radius 3 is 2.77 bits per heavy atom. The summed E-state index contributed by atoms with van der Waals surface area (Å²) in [6.07, 6.45) is 1.27. The molecule has 0 radical (unpaired) electrons. The highest BCUT2D eigenvalue weighted by atomic mass is 16.5. The van der Waals surface area contributed by atoms with Gasteiger partial charge in [-0.25, -0.2) is 0 Å². The summed E-state index contributed by atoms with van der Waals surface area (Å²) < 4.78 is 5.45. The van der Waals surface area contributed by atoms with Crippen LogP contribution in [0, 0.1) is 0 Å². The van der Waals surface area contributed by atoms with Gasteiger partial charge in [0.25, 0.3) is 5.91 Å². The Morgan fingerprint density at radius 2 is 2.14 bits per heavy atom. The summed E-state index contributed by atoms with van der Waals surface area (Å²) in [4.78, 5) is 16.8. The van der Waals surface area contributed by atoms with Gasteiger partial charge in [-0.2, -0.15) is 0 Å². The molecule has 0 saturated carbocycles. The summed E-state index contributed by atoms with van der Waals surface area (Å²) in [7, 11) is 0. The highest BCUT2D eigenvalue weighted by molar-refractivity contribution is 5.81. The van der Waals surface area contributed by atoms with E-state index in [4.69, 9.17) is 4.74 Å². The van der Waals surface area contributed by atoms with E-state index >= 15 is 0 Å². The molecule has 0 spiro atoms. The molecule has 2 unspecified atom stereocenters. The van der Waals surface area contributed by atoms with E-state index in [9.17, 15) is 4.79 Å². The van der Waals surface area contributed by atoms with Crippen LogP contribution in [0.5, 0.6) is 0 Å². The number of piperazine rings is 1. The van der Waals surface area contributed by atoms with Crippen LogP contribution in [-0.4, -0.2) is 54.1 Å². The van der Waals surface area contributed by atoms with Gasteiger partial charge in [0, 0.05) is 32.2 Å². The zero-order valence-corrected chi connectivity index (χ0v) is 13.6. The van der Waals surface area contributed by atoms with Crippen molar-refractivity contribution in [1.82, 2.24) is 9.80 Å². The lowest BCUT2D eigenvalue weighted by atomic mass is 10.1. The van der Waals surface area contributed by atoms with Crippen LogP contribution in [0.25, 0.3) is 0 Å². The predicted molar refractivity (Wildman–Crippen MR) is 88.5 cm³/mol. The van der Waals surface area contributed by atoms with Crippen molar-refractivity contribution in [3.8, 4) is 0 Å². The molecule has 0 N–H and O–H groups in total. The minimum atomic E-state index is -0.402. The standard InChI is InChI=1S/C18H26N2O2/c1-4-12-22-16(3)18(21)20-11-10-19(13-15(20)2)14-17-8-6-5-7-9-17/h4-9,15-16H,1,10-14H2,2-3H3. The third kappa shape index (κ3) is 4.42. The van der Waals surface area contributed by atoms with E-state index in [1.165, 1.54) is 5.56 Å². The second-order valence-corrected chi connectivity index (χ2v) is 5.87. The first-order chi connectivity index (χ1) is 10.6. The van der Waals surface area contributed by atoms with Crippen molar-refractivity contribution in [2.75, 3.05) is 26.2 Å². The van der Waals surface area contributed by atoms with Crippen molar-refractivity contribution in [1.29, 1.82) is 0 Å². The third-order valence-electron chi connectivity index (χ3n) is 4.06. The number of nitrogens with zero attached hydrogens (tertiary/aromatic N) is 2. The van der Waals surface area contributed by atoms with Gasteiger partial charge in [-0.1, -0.05) is 36.4 Å². The van der Waals surface area contributed by atoms with Crippen LogP contribution >= 0.6 is 0 Å². The second-order valence-electron chi connectivity index (χ2n) is 5.87. The molecule has 4 heteroatoms. The number of benzene rings is 1. The van der Waals surface area contributed by atoms with Crippen molar-refractivity contribution in [3.63, 3.8) is 0 Å². The van der Waals surface area contributed by atoms with E-state index in [-0.39, 0.29) is 11.9 Å². The number of amides is 1. The van der Waals surface area contributed by atoms with Crippen molar-refractivity contribution in [3.05, 3.63) is 48.6 Å². The van der Waals surface area contributed by atoms with Crippen LogP contribution in [0.15, 0.2) is 43.0 Å². The lowest BCUT2D eigenvalue weighted by Crippen LogP contribution is -2.55. The number of rotatable bonds is 6. The quantitative estimate of drug-likeness (QED) is 0.756. The summed E-state index contributed by atoms with van der Waals surface area (Å²) in [6.45, 7) is 11.4. The van der Waals surface area contributed by atoms with Crippen molar-refractivity contribution >= 4 is 5.91 Å². The Morgan fingerprint density at radius 1 is 1.41 bits per heavy atom. The van der Waals surface area contributed by atoms with Crippen LogP contribution in [0.3, 0.4) is 0 Å². The molecule has 1 heterocycles. The summed E-state index contributed by atoms with van der Waals surface area (Å²) >= 11 is 0. The molecule has 0 bridgehead atoms. The number of hydrogen-bond donors (Lipinski definition) is 0. The van der Waals surface area contributed by atoms with Gasteiger partial charge < -0.3 is 9.64 Å². The number of ether oxygens (including phenoxy) is 1. The molecule has 0 aliphatic carbocycles. The van der Waals surface area contributed by atoms with Crippen LogP contribution < -0.4 is 0 Å². The fourth-order valence-corrected chi connectivity index (χ4v) is 2.86. The third-order valence-corrected chi connectivity index (χ3v) is 4.06. The van der Waals surface area contributed by atoms with Gasteiger partial charge in [-0.3, -0.25) is 9.69 Å². The molecule has 1 amide bonds. The molecule has 2 atom stereocenters. The fraction of sp³-hybridized carbons (Fsp3) is 0.500. The molecule has 1 aliphatic heterocycles. The molecule has 22 heavy (non-hydrogen) atoms. The van der Waals surface area contributed by atoms with Crippen LogP contribution in [0.1, 0.15) is 19.4 Å². The average Bonchev–Trinajstić information content (AvgIpc) is 2.53. The zero-order valence-electron chi connectivity index (χ0n) is 13.6. The van der Waals surface area contributed by atoms with E-state index in [1.54, 1.807) is 6.08 Å². The molecule has 1 aliphatic rings. The number of hydrogen-bond acceptors (Lipinski definition) is 3. The van der Waals surface area contributed by atoms with Gasteiger partial charge in [-0.05, 0) is 19.4 Å². The molecule has 0 aromatic heterocycles. The van der Waals surface area contributed by atoms with Crippen molar-refractivity contribution in [2.45, 2.75) is 32.5 Å². The lowest BCUT2D eigenvalue weighted by molar-refractivity contribution is -0.146. The van der Waals surface area contributed by atoms with E-state index in [0.29, 0.717) is 6.61 Å². The Kier molecular flexibility index (Phi) is 6.16. The maximum absolute atomic E-state index is 12.4. The SMILES string of the molecule is C=CCOC(C)C(=O)N1CCN(Cc2ccccc2)CC1C. The normalized spacial score (nSPS) is 20.6. The number of carbonyl (C=O) groups excluding carboxylic acids is 1. The van der Waals surface area contributed by atoms with Crippen LogP contribution in [-0.2, 0) is 16.1 Å². The summed E-state index contributed by atoms with van der Waals surface area (Å²) in [5, 5.41) is 0. The van der Waals surface area contributed by atoms with Crippen molar-refractivity contribution < 1.29 is 9.53 Å². The second kappa shape index (κ2) is 8.11. The molecule has 1 saturated heterocycles. The van der Waals surface area contributed by atoms with E-state index in [0.717, 1.165) is 26.2 Å². The van der Waals surface area contributed by atoms with Crippen LogP contribution in [0.2, 0.25) is 0 Å². The molecule has 120 valence electrons. The molecule has 1 fully saturated rings. The minimum Gasteiger partial charge on any atom is -0.365 e. The summed E-state index contributed by atoms with van der Waals surface area (Å²) in [5.41, 5.74) is 1.32. The first kappa shape index (κ1) is 16.7. The fourth-order valence-electron chi connectivity index (χ4n) is 2.86. The first-order valence-corrected chi connectivity index (χ1v) is 7.91. The van der Waals surface area contributed by atoms with Crippen LogP contribution in [0.4, 0.5) is 0 Å². The number of carbonyl (C=O) groups is 1. The van der Waals surface area contributed by atoms with Gasteiger partial charge in [0.05, 0.1) is 6.61 Å². The lowest BCUT2D eigenvalue weighted by Gasteiger charge is -2.40. The Hall–Kier alpha value is -1.65. The van der Waals surface area contributed by atoms with Gasteiger partial charge in [0.15, 0.2) is 0 Å². The topological polar surface area (TPSA) is 32.8 Å². The molecule has 4 nitrogen and oxygen atoms in total. The monoisotopic (exact) mass is 302 g/mol. The molecular formula is C18H26N2O2. The van der Waals surface area contributed by atoms with Gasteiger partial charge in [0.2, 0.25) is 0 Å². The zero-order chi connectivity index (χ0) is 15.9. The molecule has 1 aromatic carbocycles. The van der Waals surface area contributed by atoms with Gasteiger partial charge in [0.1, 0.15) is 6.10 Å². The first-order valence-electron chi connectivity index (χ1n) is 7.91. The Labute approximate surface area is 133 Å².